The van der Waals surface area contributed by atoms with Crippen molar-refractivity contribution in [1.82, 2.24) is 14.9 Å². The zero-order valence-corrected chi connectivity index (χ0v) is 18.8. The maximum Gasteiger partial charge on any atom is 0.244 e. The highest BCUT2D eigenvalue weighted by Crippen LogP contribution is 2.35. The second kappa shape index (κ2) is 8.47. The smallest absolute Gasteiger partial charge is 0.244 e. The van der Waals surface area contributed by atoms with Gasteiger partial charge in [0.05, 0.1) is 24.1 Å². The number of nitrogens with zero attached hydrogens (tertiary/aromatic N) is 4. The molecule has 3 heterocycles. The van der Waals surface area contributed by atoms with Crippen LogP contribution in [0.5, 0.6) is 5.75 Å². The van der Waals surface area contributed by atoms with Gasteiger partial charge in [0.25, 0.3) is 0 Å². The van der Waals surface area contributed by atoms with Crippen LogP contribution < -0.4 is 15.0 Å². The van der Waals surface area contributed by atoms with Crippen molar-refractivity contribution in [2.45, 2.75) is 31.8 Å². The SMILES string of the molecule is N#CC1CC=C2C=C1Oc1ccc3cccc(c3c1)N1CCC(NCCc3cncn3C2)C1=O. The van der Waals surface area contributed by atoms with Gasteiger partial charge >= 0.3 is 0 Å². The molecule has 0 saturated carbocycles. The Morgan fingerprint density at radius 2 is 2.18 bits per heavy atom. The van der Waals surface area contributed by atoms with E-state index in [1.165, 1.54) is 0 Å². The Bertz CT molecular complexity index is 1380. The number of carbonyl (C=O) groups excluding carboxylic acids is 1. The van der Waals surface area contributed by atoms with Crippen molar-refractivity contribution in [3.63, 3.8) is 0 Å². The molecule has 34 heavy (non-hydrogen) atoms. The van der Waals surface area contributed by atoms with Gasteiger partial charge in [-0.05, 0) is 48.1 Å². The predicted molar refractivity (Wildman–Crippen MR) is 129 cm³/mol. The van der Waals surface area contributed by atoms with E-state index in [1.54, 1.807) is 0 Å². The van der Waals surface area contributed by atoms with Crippen LogP contribution in [-0.2, 0) is 17.8 Å². The number of hydrogen-bond donors (Lipinski definition) is 1. The second-order valence-corrected chi connectivity index (χ2v) is 9.05. The fraction of sp³-hybridized carbons (Fsp3) is 0.296. The van der Waals surface area contributed by atoms with Crippen LogP contribution >= 0.6 is 0 Å². The average molecular weight is 452 g/mol. The number of fused-ring (bicyclic) bond motifs is 6. The second-order valence-electron chi connectivity index (χ2n) is 9.05. The Hall–Kier alpha value is -3.89. The number of ether oxygens (including phenoxy) is 1. The number of allylic oxidation sites excluding steroid dienone is 4. The van der Waals surface area contributed by atoms with Gasteiger partial charge in [0.2, 0.25) is 5.91 Å². The molecule has 7 heteroatoms. The van der Waals surface area contributed by atoms with Crippen LogP contribution in [0.2, 0.25) is 0 Å². The third-order valence-corrected chi connectivity index (χ3v) is 6.93. The van der Waals surface area contributed by atoms with Gasteiger partial charge < -0.3 is 19.5 Å². The summed E-state index contributed by atoms with van der Waals surface area (Å²) in [6.45, 7) is 2.04. The van der Waals surface area contributed by atoms with Crippen LogP contribution in [0, 0.1) is 17.2 Å². The van der Waals surface area contributed by atoms with E-state index in [9.17, 15) is 10.1 Å². The molecule has 1 fully saturated rings. The van der Waals surface area contributed by atoms with Gasteiger partial charge in [0.15, 0.2) is 0 Å². The van der Waals surface area contributed by atoms with E-state index in [2.05, 4.69) is 27.0 Å². The van der Waals surface area contributed by atoms with Gasteiger partial charge in [-0.25, -0.2) is 4.98 Å². The minimum absolute atomic E-state index is 0.102. The van der Waals surface area contributed by atoms with Gasteiger partial charge in [-0.15, -0.1) is 0 Å². The number of carbonyl (C=O) groups is 1. The number of imidazole rings is 1. The minimum Gasteiger partial charge on any atom is -0.460 e. The summed E-state index contributed by atoms with van der Waals surface area (Å²) in [4.78, 5) is 19.5. The highest BCUT2D eigenvalue weighted by atomic mass is 16.5. The number of rotatable bonds is 0. The quantitative estimate of drug-likeness (QED) is 0.563. The van der Waals surface area contributed by atoms with Crippen LogP contribution in [0.15, 0.2) is 72.4 Å². The number of nitrogens with one attached hydrogen (secondary N) is 1. The monoisotopic (exact) mass is 451 g/mol. The Morgan fingerprint density at radius 3 is 3.09 bits per heavy atom. The molecule has 0 spiro atoms. The van der Waals surface area contributed by atoms with E-state index >= 15 is 0 Å². The van der Waals surface area contributed by atoms with Crippen molar-refractivity contribution in [2.24, 2.45) is 5.92 Å². The van der Waals surface area contributed by atoms with E-state index in [1.807, 2.05) is 59.9 Å². The molecule has 2 unspecified atom stereocenters. The zero-order chi connectivity index (χ0) is 23.1. The topological polar surface area (TPSA) is 83.2 Å². The molecular formula is C27H25N5O2. The van der Waals surface area contributed by atoms with Crippen molar-refractivity contribution in [3.05, 3.63) is 78.1 Å². The Morgan fingerprint density at radius 1 is 1.24 bits per heavy atom. The highest BCUT2D eigenvalue weighted by Gasteiger charge is 2.33. The largest absolute Gasteiger partial charge is 0.460 e. The number of nitriles is 1. The summed E-state index contributed by atoms with van der Waals surface area (Å²) in [5.41, 5.74) is 3.10. The van der Waals surface area contributed by atoms with Gasteiger partial charge in [-0.2, -0.15) is 5.26 Å². The summed E-state index contributed by atoms with van der Waals surface area (Å²) in [6.07, 6.45) is 9.99. The number of anilines is 1. The van der Waals surface area contributed by atoms with Crippen LogP contribution in [-0.4, -0.2) is 34.6 Å². The van der Waals surface area contributed by atoms with Gasteiger partial charge in [-0.1, -0.05) is 24.3 Å². The van der Waals surface area contributed by atoms with Gasteiger partial charge in [0, 0.05) is 43.3 Å². The fourth-order valence-electron chi connectivity index (χ4n) is 5.10. The van der Waals surface area contributed by atoms with Gasteiger partial charge in [-0.3, -0.25) is 4.79 Å². The first-order chi connectivity index (χ1) is 16.7. The maximum atomic E-state index is 13.3. The molecule has 0 radical (unpaired) electrons. The number of aromatic nitrogens is 2. The van der Waals surface area contributed by atoms with Crippen LogP contribution in [0.4, 0.5) is 5.69 Å². The summed E-state index contributed by atoms with van der Waals surface area (Å²) in [5.74, 6) is 1.09. The number of amides is 1. The Labute approximate surface area is 197 Å². The number of benzene rings is 2. The lowest BCUT2D eigenvalue weighted by atomic mass is 9.95. The molecule has 1 amide bonds. The van der Waals surface area contributed by atoms with Crippen molar-refractivity contribution in [2.75, 3.05) is 18.0 Å². The van der Waals surface area contributed by atoms with E-state index < -0.39 is 0 Å². The zero-order valence-electron chi connectivity index (χ0n) is 18.8. The van der Waals surface area contributed by atoms with E-state index in [0.29, 0.717) is 37.6 Å². The third-order valence-electron chi connectivity index (χ3n) is 6.93. The molecule has 3 aliphatic rings. The first-order valence-corrected chi connectivity index (χ1v) is 11.7. The number of hydrogen-bond acceptors (Lipinski definition) is 5. The summed E-state index contributed by atoms with van der Waals surface area (Å²) in [7, 11) is 0. The third kappa shape index (κ3) is 3.66. The molecule has 2 atom stereocenters. The molecule has 170 valence electrons. The van der Waals surface area contributed by atoms with Crippen molar-refractivity contribution >= 4 is 22.4 Å². The lowest BCUT2D eigenvalue weighted by Gasteiger charge is -2.21. The molecule has 1 saturated heterocycles. The standard InChI is InChI=1S/C27H25N5O2/c28-14-20-5-4-18-12-26(20)34-22-7-6-19-2-1-3-25(23(19)13-22)32-11-9-24(27(32)33)30-10-8-21-15-29-17-31(21)16-18/h1-4,6-7,12-13,15,17,20,24,30H,5,8-11,16H2. The molecule has 7 nitrogen and oxygen atoms in total. The van der Waals surface area contributed by atoms with Crippen LogP contribution in [0.3, 0.4) is 0 Å². The molecule has 6 rings (SSSR count). The first-order valence-electron chi connectivity index (χ1n) is 11.7. The maximum absolute atomic E-state index is 13.3. The van der Waals surface area contributed by atoms with E-state index in [0.717, 1.165) is 40.6 Å². The summed E-state index contributed by atoms with van der Waals surface area (Å²) in [6, 6.07) is 14.1. The van der Waals surface area contributed by atoms with Crippen molar-refractivity contribution in [3.8, 4) is 11.8 Å². The predicted octanol–water partition coefficient (Wildman–Crippen LogP) is 3.72. The molecular weight excluding hydrogens is 426 g/mol. The molecule has 1 N–H and O–H groups in total. The molecule has 6 bridgehead atoms. The molecule has 2 aliphatic heterocycles. The van der Waals surface area contributed by atoms with Gasteiger partial charge in [0.1, 0.15) is 17.4 Å². The molecule has 3 aromatic rings. The highest BCUT2D eigenvalue weighted by molar-refractivity contribution is 6.07. The Kier molecular flexibility index (Phi) is 5.16. The Balaban J connectivity index is 1.45. The minimum atomic E-state index is -0.329. The lowest BCUT2D eigenvalue weighted by Crippen LogP contribution is -2.39. The average Bonchev–Trinajstić information content (AvgIpc) is 3.44. The normalized spacial score (nSPS) is 22.4. The molecule has 1 aromatic heterocycles. The molecule has 2 aromatic carbocycles. The van der Waals surface area contributed by atoms with Crippen molar-refractivity contribution < 1.29 is 9.53 Å². The van der Waals surface area contributed by atoms with Crippen molar-refractivity contribution in [1.29, 1.82) is 5.26 Å². The summed E-state index contributed by atoms with van der Waals surface area (Å²) >= 11 is 0. The summed E-state index contributed by atoms with van der Waals surface area (Å²) in [5, 5.41) is 15.2. The lowest BCUT2D eigenvalue weighted by molar-refractivity contribution is -0.118. The van der Waals surface area contributed by atoms with E-state index in [4.69, 9.17) is 4.74 Å². The van der Waals surface area contributed by atoms with E-state index in [-0.39, 0.29) is 17.9 Å². The molecule has 1 aliphatic carbocycles. The van der Waals surface area contributed by atoms with Crippen LogP contribution in [0.25, 0.3) is 10.8 Å². The fourth-order valence-corrected chi connectivity index (χ4v) is 5.10. The first kappa shape index (κ1) is 20.7. The summed E-state index contributed by atoms with van der Waals surface area (Å²) < 4.78 is 8.43. The van der Waals surface area contributed by atoms with Crippen LogP contribution in [0.1, 0.15) is 18.5 Å².